The summed E-state index contributed by atoms with van der Waals surface area (Å²) in [5, 5.41) is 9.42. The molecule has 0 aromatic heterocycles. The first-order chi connectivity index (χ1) is 7.65. The monoisotopic (exact) mass is 243 g/mol. The minimum absolute atomic E-state index is 0.108. The Kier molecular flexibility index (Phi) is 4.07. The van der Waals surface area contributed by atoms with Crippen LogP contribution in [-0.4, -0.2) is 41.4 Å². The molecule has 0 aliphatic carbocycles. The molecule has 1 N–H and O–H groups in total. The van der Waals surface area contributed by atoms with Crippen LogP contribution in [0.25, 0.3) is 0 Å². The lowest BCUT2D eigenvalue weighted by atomic mass is 9.78. The van der Waals surface area contributed by atoms with Gasteiger partial charge >= 0.3 is 6.09 Å². The number of hydrogen-bond acceptors (Lipinski definition) is 3. The van der Waals surface area contributed by atoms with Gasteiger partial charge < -0.3 is 14.7 Å². The number of carbonyl (C=O) groups is 1. The van der Waals surface area contributed by atoms with Crippen LogP contribution in [0, 0.1) is 11.3 Å². The van der Waals surface area contributed by atoms with Gasteiger partial charge in [-0.15, -0.1) is 0 Å². The zero-order valence-corrected chi connectivity index (χ0v) is 11.6. The maximum atomic E-state index is 12.0. The zero-order chi connectivity index (χ0) is 13.3. The van der Waals surface area contributed by atoms with Gasteiger partial charge in [-0.1, -0.05) is 13.8 Å². The third-order valence-corrected chi connectivity index (χ3v) is 2.98. The lowest BCUT2D eigenvalue weighted by Crippen LogP contribution is -2.50. The van der Waals surface area contributed by atoms with E-state index in [1.54, 1.807) is 4.90 Å². The van der Waals surface area contributed by atoms with Crippen molar-refractivity contribution in [3.8, 4) is 0 Å². The van der Waals surface area contributed by atoms with E-state index < -0.39 is 5.60 Å². The summed E-state index contributed by atoms with van der Waals surface area (Å²) in [5.41, 5.74) is -0.665. The molecule has 1 aliphatic heterocycles. The standard InChI is InChI=1S/C13H25NO3/c1-10-6-13(5,9-15)8-14(7-10)11(16)17-12(2,3)4/h10,15H,6-9H2,1-5H3. The Balaban J connectivity index is 2.68. The molecule has 1 rings (SSSR count). The molecule has 1 aliphatic rings. The van der Waals surface area contributed by atoms with E-state index in [-0.39, 0.29) is 18.1 Å². The fourth-order valence-corrected chi connectivity index (χ4v) is 2.45. The summed E-state index contributed by atoms with van der Waals surface area (Å²) in [6.07, 6.45) is 0.673. The quantitative estimate of drug-likeness (QED) is 0.768. The number of likely N-dealkylation sites (tertiary alicyclic amines) is 1. The highest BCUT2D eigenvalue weighted by Gasteiger charge is 2.37. The van der Waals surface area contributed by atoms with Crippen LogP contribution >= 0.6 is 0 Å². The minimum Gasteiger partial charge on any atom is -0.444 e. The molecule has 1 heterocycles. The number of ether oxygens (including phenoxy) is 1. The molecule has 100 valence electrons. The molecule has 4 heteroatoms. The van der Waals surface area contributed by atoms with Gasteiger partial charge in [-0.05, 0) is 33.1 Å². The van der Waals surface area contributed by atoms with Gasteiger partial charge in [-0.25, -0.2) is 4.79 Å². The average Bonchev–Trinajstić information content (AvgIpc) is 2.14. The number of aliphatic hydroxyl groups excluding tert-OH is 1. The molecule has 0 radical (unpaired) electrons. The molecule has 2 unspecified atom stereocenters. The van der Waals surface area contributed by atoms with Crippen LogP contribution in [-0.2, 0) is 4.74 Å². The highest BCUT2D eigenvalue weighted by Crippen LogP contribution is 2.32. The summed E-state index contributed by atoms with van der Waals surface area (Å²) >= 11 is 0. The van der Waals surface area contributed by atoms with Crippen molar-refractivity contribution in [1.29, 1.82) is 0 Å². The van der Waals surface area contributed by atoms with Gasteiger partial charge in [0.15, 0.2) is 0 Å². The van der Waals surface area contributed by atoms with Gasteiger partial charge in [0.05, 0.1) is 6.61 Å². The fourth-order valence-electron chi connectivity index (χ4n) is 2.45. The zero-order valence-electron chi connectivity index (χ0n) is 11.6. The molecule has 0 spiro atoms. The minimum atomic E-state index is -0.465. The van der Waals surface area contributed by atoms with E-state index in [4.69, 9.17) is 4.74 Å². The molecule has 0 bridgehead atoms. The Morgan fingerprint density at radius 2 is 2.12 bits per heavy atom. The van der Waals surface area contributed by atoms with E-state index >= 15 is 0 Å². The number of carbonyl (C=O) groups excluding carboxylic acids is 1. The summed E-state index contributed by atoms with van der Waals surface area (Å²) in [6.45, 7) is 11.1. The number of aliphatic hydroxyl groups is 1. The first-order valence-electron chi connectivity index (χ1n) is 6.24. The summed E-state index contributed by atoms with van der Waals surface area (Å²) in [6, 6.07) is 0. The van der Waals surface area contributed by atoms with Gasteiger partial charge in [0.25, 0.3) is 0 Å². The van der Waals surface area contributed by atoms with Gasteiger partial charge in [-0.3, -0.25) is 0 Å². The van der Waals surface area contributed by atoms with Crippen molar-refractivity contribution >= 4 is 6.09 Å². The van der Waals surface area contributed by atoms with Crippen molar-refractivity contribution in [2.75, 3.05) is 19.7 Å². The average molecular weight is 243 g/mol. The maximum absolute atomic E-state index is 12.0. The number of nitrogens with zero attached hydrogens (tertiary/aromatic N) is 1. The molecule has 2 atom stereocenters. The molecule has 0 saturated carbocycles. The van der Waals surface area contributed by atoms with E-state index in [0.29, 0.717) is 19.0 Å². The van der Waals surface area contributed by atoms with Crippen LogP contribution in [0.1, 0.15) is 41.0 Å². The second-order valence-electron chi connectivity index (χ2n) is 6.64. The van der Waals surface area contributed by atoms with Crippen molar-refractivity contribution in [1.82, 2.24) is 4.90 Å². The van der Waals surface area contributed by atoms with Crippen molar-refractivity contribution in [3.05, 3.63) is 0 Å². The van der Waals surface area contributed by atoms with Crippen molar-refractivity contribution in [3.63, 3.8) is 0 Å². The first kappa shape index (κ1) is 14.3. The summed E-state index contributed by atoms with van der Waals surface area (Å²) in [4.78, 5) is 13.7. The number of rotatable bonds is 1. The topological polar surface area (TPSA) is 49.8 Å². The van der Waals surface area contributed by atoms with E-state index in [9.17, 15) is 9.90 Å². The van der Waals surface area contributed by atoms with Crippen LogP contribution in [0.5, 0.6) is 0 Å². The van der Waals surface area contributed by atoms with Crippen molar-refractivity contribution in [2.45, 2.75) is 46.6 Å². The number of hydrogen-bond donors (Lipinski definition) is 1. The number of piperidine rings is 1. The molecule has 1 saturated heterocycles. The highest BCUT2D eigenvalue weighted by molar-refractivity contribution is 5.68. The molecule has 17 heavy (non-hydrogen) atoms. The smallest absolute Gasteiger partial charge is 0.410 e. The van der Waals surface area contributed by atoms with Crippen LogP contribution in [0.4, 0.5) is 4.79 Å². The summed E-state index contributed by atoms with van der Waals surface area (Å²) in [7, 11) is 0. The lowest BCUT2D eigenvalue weighted by molar-refractivity contribution is -0.0150. The predicted molar refractivity (Wildman–Crippen MR) is 66.8 cm³/mol. The molecular weight excluding hydrogens is 218 g/mol. The van der Waals surface area contributed by atoms with Gasteiger partial charge in [0, 0.05) is 18.5 Å². The summed E-state index contributed by atoms with van der Waals surface area (Å²) in [5.74, 6) is 0.397. The van der Waals surface area contributed by atoms with Gasteiger partial charge in [0.2, 0.25) is 0 Å². The predicted octanol–water partition coefficient (Wildman–Crippen LogP) is 2.26. The third kappa shape index (κ3) is 4.19. The SMILES string of the molecule is CC1CN(C(=O)OC(C)(C)C)CC(C)(CO)C1. The van der Waals surface area contributed by atoms with E-state index in [0.717, 1.165) is 6.42 Å². The van der Waals surface area contributed by atoms with Crippen molar-refractivity contribution in [2.24, 2.45) is 11.3 Å². The Morgan fingerprint density at radius 3 is 2.59 bits per heavy atom. The molecular formula is C13H25NO3. The second kappa shape index (κ2) is 4.84. The molecule has 1 amide bonds. The van der Waals surface area contributed by atoms with E-state index in [1.807, 2.05) is 27.7 Å². The largest absolute Gasteiger partial charge is 0.444 e. The Labute approximate surface area is 104 Å². The van der Waals surface area contributed by atoms with Gasteiger partial charge in [0.1, 0.15) is 5.60 Å². The Hall–Kier alpha value is -0.770. The molecule has 4 nitrogen and oxygen atoms in total. The van der Waals surface area contributed by atoms with Crippen LogP contribution in [0.2, 0.25) is 0 Å². The lowest BCUT2D eigenvalue weighted by Gasteiger charge is -2.42. The normalized spacial score (nSPS) is 30.2. The fraction of sp³-hybridized carbons (Fsp3) is 0.923. The third-order valence-electron chi connectivity index (χ3n) is 2.98. The van der Waals surface area contributed by atoms with Crippen LogP contribution < -0.4 is 0 Å². The molecule has 0 aromatic carbocycles. The van der Waals surface area contributed by atoms with E-state index in [1.165, 1.54) is 0 Å². The van der Waals surface area contributed by atoms with Crippen LogP contribution in [0.15, 0.2) is 0 Å². The first-order valence-corrected chi connectivity index (χ1v) is 6.24. The number of amides is 1. The van der Waals surface area contributed by atoms with Crippen molar-refractivity contribution < 1.29 is 14.6 Å². The second-order valence-corrected chi connectivity index (χ2v) is 6.64. The van der Waals surface area contributed by atoms with Gasteiger partial charge in [-0.2, -0.15) is 0 Å². The Morgan fingerprint density at radius 1 is 1.53 bits per heavy atom. The summed E-state index contributed by atoms with van der Waals surface area (Å²) < 4.78 is 5.37. The van der Waals surface area contributed by atoms with Crippen LogP contribution in [0.3, 0.4) is 0 Å². The molecule has 1 fully saturated rings. The highest BCUT2D eigenvalue weighted by atomic mass is 16.6. The Bertz CT molecular complexity index is 285. The van der Waals surface area contributed by atoms with E-state index in [2.05, 4.69) is 6.92 Å². The molecule has 0 aromatic rings. The maximum Gasteiger partial charge on any atom is 0.410 e.